The van der Waals surface area contributed by atoms with Gasteiger partial charge in [0.2, 0.25) is 0 Å². The monoisotopic (exact) mass is 470 g/mol. The van der Waals surface area contributed by atoms with Crippen LogP contribution in [0.5, 0.6) is 0 Å². The van der Waals surface area contributed by atoms with E-state index in [2.05, 4.69) is 27.7 Å². The lowest BCUT2D eigenvalue weighted by Crippen LogP contribution is -2.30. The van der Waals surface area contributed by atoms with Crippen molar-refractivity contribution in [3.63, 3.8) is 0 Å². The Bertz CT molecular complexity index is 497. The molecule has 0 aromatic carbocycles. The standard InChI is InChI=1S/C27H50O6/c1-22(2)14-10-7-5-6-8-12-20-30-26(28)32-24-16-18-25(19-17-24)33-27(29)31-21-13-9-11-15-23(3)4/h22-25H,5-21H2,1-4H3. The number of hydrogen-bond donors (Lipinski definition) is 0. The molecule has 0 radical (unpaired) electrons. The third-order valence-corrected chi connectivity index (χ3v) is 6.19. The molecule has 0 aliphatic heterocycles. The highest BCUT2D eigenvalue weighted by atomic mass is 16.7. The fourth-order valence-corrected chi connectivity index (χ4v) is 4.11. The van der Waals surface area contributed by atoms with Gasteiger partial charge in [-0.1, -0.05) is 85.5 Å². The van der Waals surface area contributed by atoms with E-state index in [-0.39, 0.29) is 12.2 Å². The molecule has 1 fully saturated rings. The van der Waals surface area contributed by atoms with Crippen LogP contribution >= 0.6 is 0 Å². The molecule has 0 N–H and O–H groups in total. The Morgan fingerprint density at radius 3 is 1.30 bits per heavy atom. The van der Waals surface area contributed by atoms with E-state index in [0.29, 0.717) is 38.9 Å². The molecule has 1 aliphatic carbocycles. The van der Waals surface area contributed by atoms with E-state index in [9.17, 15) is 9.59 Å². The van der Waals surface area contributed by atoms with Crippen LogP contribution in [0.25, 0.3) is 0 Å². The van der Waals surface area contributed by atoms with Gasteiger partial charge in [0.05, 0.1) is 13.2 Å². The van der Waals surface area contributed by atoms with Gasteiger partial charge in [-0.2, -0.15) is 0 Å². The zero-order valence-electron chi connectivity index (χ0n) is 21.8. The Hall–Kier alpha value is -1.46. The van der Waals surface area contributed by atoms with E-state index in [4.69, 9.17) is 18.9 Å². The van der Waals surface area contributed by atoms with E-state index in [0.717, 1.165) is 37.5 Å². The predicted molar refractivity (Wildman–Crippen MR) is 131 cm³/mol. The molecule has 33 heavy (non-hydrogen) atoms. The van der Waals surface area contributed by atoms with Crippen LogP contribution in [0.1, 0.15) is 124 Å². The number of carbonyl (C=O) groups excluding carboxylic acids is 2. The summed E-state index contributed by atoms with van der Waals surface area (Å²) in [6.45, 7) is 9.81. The van der Waals surface area contributed by atoms with Crippen molar-refractivity contribution in [3.8, 4) is 0 Å². The Morgan fingerprint density at radius 1 is 0.576 bits per heavy atom. The molecule has 0 aromatic rings. The van der Waals surface area contributed by atoms with Crippen LogP contribution in [0, 0.1) is 11.8 Å². The van der Waals surface area contributed by atoms with Gasteiger partial charge in [0.25, 0.3) is 0 Å². The first-order valence-electron chi connectivity index (χ1n) is 13.5. The number of hydrogen-bond acceptors (Lipinski definition) is 6. The molecule has 0 spiro atoms. The Kier molecular flexibility index (Phi) is 16.9. The van der Waals surface area contributed by atoms with Crippen LogP contribution in [0.15, 0.2) is 0 Å². The molecule has 6 heteroatoms. The van der Waals surface area contributed by atoms with Crippen LogP contribution < -0.4 is 0 Å². The third kappa shape index (κ3) is 17.7. The molecular formula is C27H50O6. The van der Waals surface area contributed by atoms with Gasteiger partial charge in [0, 0.05) is 0 Å². The van der Waals surface area contributed by atoms with Gasteiger partial charge in [0.1, 0.15) is 12.2 Å². The van der Waals surface area contributed by atoms with Crippen LogP contribution in [-0.2, 0) is 18.9 Å². The molecule has 0 aromatic heterocycles. The maximum atomic E-state index is 11.9. The second-order valence-electron chi connectivity index (χ2n) is 10.4. The van der Waals surface area contributed by atoms with Crippen molar-refractivity contribution in [1.29, 1.82) is 0 Å². The summed E-state index contributed by atoms with van der Waals surface area (Å²) in [5.74, 6) is 1.51. The van der Waals surface area contributed by atoms with E-state index in [1.54, 1.807) is 0 Å². The summed E-state index contributed by atoms with van der Waals surface area (Å²) in [4.78, 5) is 23.7. The molecule has 0 atom stereocenters. The molecular weight excluding hydrogens is 420 g/mol. The number of unbranched alkanes of at least 4 members (excludes halogenated alkanes) is 7. The normalized spacial score (nSPS) is 18.4. The minimum absolute atomic E-state index is 0.157. The van der Waals surface area contributed by atoms with Crippen molar-refractivity contribution in [3.05, 3.63) is 0 Å². The Morgan fingerprint density at radius 2 is 0.909 bits per heavy atom. The molecule has 0 unspecified atom stereocenters. The predicted octanol–water partition coefficient (Wildman–Crippen LogP) is 8.21. The van der Waals surface area contributed by atoms with Gasteiger partial charge in [-0.25, -0.2) is 9.59 Å². The molecule has 0 saturated heterocycles. The van der Waals surface area contributed by atoms with Crippen LogP contribution in [0.2, 0.25) is 0 Å². The van der Waals surface area contributed by atoms with E-state index >= 15 is 0 Å². The van der Waals surface area contributed by atoms with Crippen LogP contribution in [0.3, 0.4) is 0 Å². The molecule has 0 bridgehead atoms. The maximum Gasteiger partial charge on any atom is 0.508 e. The number of rotatable bonds is 17. The second-order valence-corrected chi connectivity index (χ2v) is 10.4. The molecule has 6 nitrogen and oxygen atoms in total. The van der Waals surface area contributed by atoms with E-state index in [1.165, 1.54) is 44.9 Å². The first-order chi connectivity index (χ1) is 15.9. The molecule has 1 aliphatic rings. The van der Waals surface area contributed by atoms with Crippen molar-refractivity contribution < 1.29 is 28.5 Å². The van der Waals surface area contributed by atoms with E-state index < -0.39 is 12.3 Å². The zero-order chi connectivity index (χ0) is 24.3. The number of ether oxygens (including phenoxy) is 4. The maximum absolute atomic E-state index is 11.9. The van der Waals surface area contributed by atoms with Crippen LogP contribution in [-0.4, -0.2) is 37.7 Å². The van der Waals surface area contributed by atoms with Gasteiger partial charge in [0.15, 0.2) is 0 Å². The molecule has 0 heterocycles. The largest absolute Gasteiger partial charge is 0.508 e. The quantitative estimate of drug-likeness (QED) is 0.157. The molecule has 0 amide bonds. The lowest BCUT2D eigenvalue weighted by molar-refractivity contribution is -0.0271. The molecule has 194 valence electrons. The Balaban J connectivity index is 1.96. The highest BCUT2D eigenvalue weighted by molar-refractivity contribution is 5.60. The fourth-order valence-electron chi connectivity index (χ4n) is 4.11. The minimum atomic E-state index is -0.581. The SMILES string of the molecule is CC(C)CCCCCCCCOC(=O)OC1CCC(OC(=O)OCCCCCC(C)C)CC1. The topological polar surface area (TPSA) is 71.1 Å². The summed E-state index contributed by atoms with van der Waals surface area (Å²) in [5, 5.41) is 0. The van der Waals surface area contributed by atoms with Crippen molar-refractivity contribution in [2.75, 3.05) is 13.2 Å². The average molecular weight is 471 g/mol. The zero-order valence-corrected chi connectivity index (χ0v) is 21.8. The van der Waals surface area contributed by atoms with Crippen LogP contribution in [0.4, 0.5) is 9.59 Å². The summed E-state index contributed by atoms with van der Waals surface area (Å²) < 4.78 is 21.2. The van der Waals surface area contributed by atoms with Gasteiger partial charge >= 0.3 is 12.3 Å². The van der Waals surface area contributed by atoms with Crippen molar-refractivity contribution in [2.24, 2.45) is 11.8 Å². The van der Waals surface area contributed by atoms with Gasteiger partial charge in [-0.15, -0.1) is 0 Å². The first-order valence-corrected chi connectivity index (χ1v) is 13.5. The smallest absolute Gasteiger partial charge is 0.434 e. The molecule has 1 rings (SSSR count). The van der Waals surface area contributed by atoms with Crippen molar-refractivity contribution in [1.82, 2.24) is 0 Å². The summed E-state index contributed by atoms with van der Waals surface area (Å²) in [7, 11) is 0. The van der Waals surface area contributed by atoms with E-state index in [1.807, 2.05) is 0 Å². The number of carbonyl (C=O) groups is 2. The summed E-state index contributed by atoms with van der Waals surface area (Å²) >= 11 is 0. The summed E-state index contributed by atoms with van der Waals surface area (Å²) in [6.07, 6.45) is 13.9. The van der Waals surface area contributed by atoms with Gasteiger partial charge in [-0.05, 0) is 50.4 Å². The second kappa shape index (κ2) is 18.9. The van der Waals surface area contributed by atoms with Gasteiger partial charge in [-0.3, -0.25) is 0 Å². The average Bonchev–Trinajstić information content (AvgIpc) is 2.76. The lowest BCUT2D eigenvalue weighted by atomic mass is 9.95. The summed E-state index contributed by atoms with van der Waals surface area (Å²) in [6, 6.07) is 0. The first kappa shape index (κ1) is 29.6. The van der Waals surface area contributed by atoms with Crippen molar-refractivity contribution in [2.45, 2.75) is 136 Å². The third-order valence-electron chi connectivity index (χ3n) is 6.19. The molecule has 1 saturated carbocycles. The van der Waals surface area contributed by atoms with Crippen molar-refractivity contribution >= 4 is 12.3 Å². The minimum Gasteiger partial charge on any atom is -0.434 e. The lowest BCUT2D eigenvalue weighted by Gasteiger charge is -2.27. The Labute approximate surface area is 202 Å². The highest BCUT2D eigenvalue weighted by Gasteiger charge is 2.27. The fraction of sp³-hybridized carbons (Fsp3) is 0.926. The highest BCUT2D eigenvalue weighted by Crippen LogP contribution is 2.24. The summed E-state index contributed by atoms with van der Waals surface area (Å²) in [5.41, 5.74) is 0. The van der Waals surface area contributed by atoms with Gasteiger partial charge < -0.3 is 18.9 Å².